The lowest BCUT2D eigenvalue weighted by Crippen LogP contribution is -2.34. The minimum absolute atomic E-state index is 0.147. The van der Waals surface area contributed by atoms with Gasteiger partial charge in [-0.3, -0.25) is 0 Å². The molecule has 0 aliphatic heterocycles. The minimum Gasteiger partial charge on any atom is -0.395 e. The largest absolute Gasteiger partial charge is 0.395 e. The van der Waals surface area contributed by atoms with Crippen LogP contribution in [-0.2, 0) is 6.42 Å². The number of rotatable bonds is 7. The maximum Gasteiger partial charge on any atom is 0.170 e. The van der Waals surface area contributed by atoms with Crippen molar-refractivity contribution in [1.29, 1.82) is 0 Å². The molecule has 1 aromatic heterocycles. The van der Waals surface area contributed by atoms with Crippen LogP contribution in [0, 0.1) is 0 Å². The normalized spacial score (nSPS) is 13.0. The van der Waals surface area contributed by atoms with Crippen LogP contribution in [0.5, 0.6) is 0 Å². The van der Waals surface area contributed by atoms with Gasteiger partial charge in [-0.1, -0.05) is 25.6 Å². The first-order valence-corrected chi connectivity index (χ1v) is 6.85. The fraction of sp³-hybridized carbons (Fsp3) is 0.778. The number of nitrogens with zero attached hydrogens (tertiary/aromatic N) is 2. The molecule has 0 saturated carbocycles. The molecule has 0 amide bonds. The molecule has 0 spiro atoms. The summed E-state index contributed by atoms with van der Waals surface area (Å²) < 4.78 is 5.20. The van der Waals surface area contributed by atoms with Crippen molar-refractivity contribution in [3.63, 3.8) is 0 Å². The Morgan fingerprint density at radius 2 is 2.33 bits per heavy atom. The molecule has 0 bridgehead atoms. The van der Waals surface area contributed by atoms with Crippen LogP contribution in [0.15, 0.2) is 4.34 Å². The second-order valence-electron chi connectivity index (χ2n) is 3.08. The molecule has 1 heterocycles. The van der Waals surface area contributed by atoms with Crippen molar-refractivity contribution in [2.45, 2.75) is 30.6 Å². The third-order valence-corrected chi connectivity index (χ3v) is 3.92. The second-order valence-corrected chi connectivity index (χ2v) is 5.10. The van der Waals surface area contributed by atoms with Gasteiger partial charge in [0, 0.05) is 18.2 Å². The van der Waals surface area contributed by atoms with Crippen molar-refractivity contribution in [2.24, 2.45) is 0 Å². The highest BCUT2D eigenvalue weighted by Gasteiger charge is 2.08. The summed E-state index contributed by atoms with van der Waals surface area (Å²) in [5.74, 6) is 1.74. The first-order valence-electron chi connectivity index (χ1n) is 5.09. The quantitative estimate of drug-likeness (QED) is 0.708. The van der Waals surface area contributed by atoms with Gasteiger partial charge >= 0.3 is 0 Å². The SMILES string of the molecule is CCNC(CO)CSc1nc(CC)ns1. The average Bonchev–Trinajstić information content (AvgIpc) is 2.72. The maximum absolute atomic E-state index is 9.08. The minimum atomic E-state index is 0.147. The monoisotopic (exact) mass is 247 g/mol. The number of aromatic nitrogens is 2. The van der Waals surface area contributed by atoms with E-state index in [0.29, 0.717) is 0 Å². The summed E-state index contributed by atoms with van der Waals surface area (Å²) >= 11 is 3.09. The van der Waals surface area contributed by atoms with Crippen LogP contribution in [0.3, 0.4) is 0 Å². The Bertz CT molecular complexity index is 280. The van der Waals surface area contributed by atoms with Gasteiger partial charge in [0.25, 0.3) is 0 Å². The van der Waals surface area contributed by atoms with Crippen LogP contribution >= 0.6 is 23.3 Å². The number of aryl methyl sites for hydroxylation is 1. The van der Waals surface area contributed by atoms with E-state index in [0.717, 1.165) is 28.9 Å². The van der Waals surface area contributed by atoms with Crippen molar-refractivity contribution in [3.8, 4) is 0 Å². The van der Waals surface area contributed by atoms with Crippen molar-refractivity contribution in [1.82, 2.24) is 14.7 Å². The van der Waals surface area contributed by atoms with Crippen LogP contribution in [0.2, 0.25) is 0 Å². The first-order chi connectivity index (χ1) is 7.30. The lowest BCUT2D eigenvalue weighted by Gasteiger charge is -2.12. The lowest BCUT2D eigenvalue weighted by molar-refractivity contribution is 0.255. The number of likely N-dealkylation sites (N-methyl/N-ethyl adjacent to an activating group) is 1. The average molecular weight is 247 g/mol. The van der Waals surface area contributed by atoms with E-state index in [1.807, 2.05) is 13.8 Å². The molecule has 15 heavy (non-hydrogen) atoms. The topological polar surface area (TPSA) is 58.0 Å². The summed E-state index contributed by atoms with van der Waals surface area (Å²) in [4.78, 5) is 4.36. The molecule has 1 atom stereocenters. The predicted octanol–water partition coefficient (Wildman–Crippen LogP) is 1.16. The highest BCUT2D eigenvalue weighted by Crippen LogP contribution is 2.20. The molecule has 4 nitrogen and oxygen atoms in total. The van der Waals surface area contributed by atoms with Crippen LogP contribution in [-0.4, -0.2) is 39.4 Å². The Hall–Kier alpha value is -0.170. The van der Waals surface area contributed by atoms with E-state index in [1.165, 1.54) is 11.5 Å². The summed E-state index contributed by atoms with van der Waals surface area (Å²) in [6, 6.07) is 0.147. The zero-order valence-corrected chi connectivity index (χ0v) is 10.7. The molecular formula is C9H17N3OS2. The van der Waals surface area contributed by atoms with Gasteiger partial charge in [-0.15, -0.1) is 0 Å². The van der Waals surface area contributed by atoms with Crippen molar-refractivity contribution < 1.29 is 5.11 Å². The molecule has 1 unspecified atom stereocenters. The van der Waals surface area contributed by atoms with Crippen LogP contribution < -0.4 is 5.32 Å². The van der Waals surface area contributed by atoms with E-state index in [2.05, 4.69) is 14.7 Å². The summed E-state index contributed by atoms with van der Waals surface area (Å²) in [6.07, 6.45) is 0.883. The van der Waals surface area contributed by atoms with E-state index < -0.39 is 0 Å². The maximum atomic E-state index is 9.08. The molecular weight excluding hydrogens is 230 g/mol. The fourth-order valence-electron chi connectivity index (χ4n) is 1.08. The van der Waals surface area contributed by atoms with Gasteiger partial charge in [-0.25, -0.2) is 4.98 Å². The highest BCUT2D eigenvalue weighted by molar-refractivity contribution is 8.00. The van der Waals surface area contributed by atoms with E-state index in [1.54, 1.807) is 11.8 Å². The van der Waals surface area contributed by atoms with Gasteiger partial charge in [0.1, 0.15) is 5.82 Å². The van der Waals surface area contributed by atoms with Crippen molar-refractivity contribution >= 4 is 23.3 Å². The molecule has 86 valence electrons. The second kappa shape index (κ2) is 7.16. The molecule has 0 radical (unpaired) electrons. The van der Waals surface area contributed by atoms with Crippen molar-refractivity contribution in [2.75, 3.05) is 18.9 Å². The van der Waals surface area contributed by atoms with Gasteiger partial charge in [0.2, 0.25) is 0 Å². The first kappa shape index (κ1) is 12.9. The fourth-order valence-corrected chi connectivity index (χ4v) is 2.84. The van der Waals surface area contributed by atoms with Crippen LogP contribution in [0.4, 0.5) is 0 Å². The number of hydrogen-bond donors (Lipinski definition) is 2. The Balaban J connectivity index is 2.34. The molecule has 0 fully saturated rings. The molecule has 0 aromatic carbocycles. The molecule has 0 aliphatic rings. The Kier molecular flexibility index (Phi) is 6.16. The van der Waals surface area contributed by atoms with E-state index in [9.17, 15) is 0 Å². The number of nitrogens with one attached hydrogen (secondary N) is 1. The number of hydrogen-bond acceptors (Lipinski definition) is 6. The molecule has 0 saturated heterocycles. The summed E-state index contributed by atoms with van der Waals surface area (Å²) in [7, 11) is 0. The lowest BCUT2D eigenvalue weighted by atomic mass is 10.4. The summed E-state index contributed by atoms with van der Waals surface area (Å²) in [5.41, 5.74) is 0. The van der Waals surface area contributed by atoms with E-state index in [4.69, 9.17) is 5.11 Å². The van der Waals surface area contributed by atoms with E-state index in [-0.39, 0.29) is 12.6 Å². The third kappa shape index (κ3) is 4.46. The van der Waals surface area contributed by atoms with Gasteiger partial charge < -0.3 is 10.4 Å². The number of aliphatic hydroxyl groups excluding tert-OH is 1. The van der Waals surface area contributed by atoms with Gasteiger partial charge in [-0.2, -0.15) is 4.37 Å². The van der Waals surface area contributed by atoms with Gasteiger partial charge in [-0.05, 0) is 18.1 Å². The zero-order valence-electron chi connectivity index (χ0n) is 9.06. The molecule has 1 rings (SSSR count). The Morgan fingerprint density at radius 1 is 1.53 bits per heavy atom. The molecule has 1 aromatic rings. The van der Waals surface area contributed by atoms with Crippen LogP contribution in [0.1, 0.15) is 19.7 Å². The molecule has 0 aliphatic carbocycles. The smallest absolute Gasteiger partial charge is 0.170 e. The number of aliphatic hydroxyl groups is 1. The Morgan fingerprint density at radius 3 is 2.87 bits per heavy atom. The third-order valence-electron chi connectivity index (χ3n) is 1.89. The summed E-state index contributed by atoms with van der Waals surface area (Å²) in [5, 5.41) is 12.3. The molecule has 6 heteroatoms. The van der Waals surface area contributed by atoms with E-state index >= 15 is 0 Å². The predicted molar refractivity (Wildman–Crippen MR) is 64.6 cm³/mol. The van der Waals surface area contributed by atoms with Gasteiger partial charge in [0.05, 0.1) is 6.61 Å². The summed E-state index contributed by atoms with van der Waals surface area (Å²) in [6.45, 7) is 5.13. The standard InChI is InChI=1S/C9H17N3OS2/c1-3-8-11-9(15-12-8)14-6-7(5-13)10-4-2/h7,10,13H,3-6H2,1-2H3. The van der Waals surface area contributed by atoms with Crippen LogP contribution in [0.25, 0.3) is 0 Å². The number of thioether (sulfide) groups is 1. The Labute approximate surface area is 98.7 Å². The highest BCUT2D eigenvalue weighted by atomic mass is 32.2. The zero-order chi connectivity index (χ0) is 11.1. The van der Waals surface area contributed by atoms with Crippen molar-refractivity contribution in [3.05, 3.63) is 5.82 Å². The molecule has 2 N–H and O–H groups in total. The van der Waals surface area contributed by atoms with Gasteiger partial charge in [0.15, 0.2) is 4.34 Å².